The van der Waals surface area contributed by atoms with Gasteiger partial charge in [0.1, 0.15) is 5.82 Å². The maximum absolute atomic E-state index is 12.9. The second-order valence-electron chi connectivity index (χ2n) is 4.60. The molecule has 5 heteroatoms. The molecule has 4 nitrogen and oxygen atoms in total. The van der Waals surface area contributed by atoms with Crippen LogP contribution in [0.2, 0.25) is 0 Å². The summed E-state index contributed by atoms with van der Waals surface area (Å²) in [7, 11) is 1.86. The van der Waals surface area contributed by atoms with Crippen molar-refractivity contribution >= 4 is 11.6 Å². The predicted molar refractivity (Wildman–Crippen MR) is 70.7 cm³/mol. The van der Waals surface area contributed by atoms with Gasteiger partial charge in [0.25, 0.3) is 0 Å². The van der Waals surface area contributed by atoms with E-state index in [1.54, 1.807) is 12.1 Å². The predicted octanol–water partition coefficient (Wildman–Crippen LogP) is 1.29. The van der Waals surface area contributed by atoms with E-state index in [-0.39, 0.29) is 18.3 Å². The maximum Gasteiger partial charge on any atom is 0.238 e. The number of nitrogens with two attached hydrogens (primary N) is 1. The van der Waals surface area contributed by atoms with E-state index in [1.165, 1.54) is 12.1 Å². The molecule has 0 spiro atoms. The summed E-state index contributed by atoms with van der Waals surface area (Å²) in [5.41, 5.74) is 5.99. The van der Waals surface area contributed by atoms with Crippen molar-refractivity contribution in [3.05, 3.63) is 30.1 Å². The summed E-state index contributed by atoms with van der Waals surface area (Å²) in [5, 5.41) is 2.65. The Bertz CT molecular complexity index is 398. The first-order valence-corrected chi connectivity index (χ1v) is 5.95. The number of carbonyl (C=O) groups excluding carboxylic acids is 1. The summed E-state index contributed by atoms with van der Waals surface area (Å²) in [5.74, 6) is -0.179. The molecule has 0 saturated carbocycles. The fourth-order valence-electron chi connectivity index (χ4n) is 1.68. The average Bonchev–Trinajstić information content (AvgIpc) is 2.28. The second-order valence-corrected chi connectivity index (χ2v) is 4.60. The zero-order valence-electron chi connectivity index (χ0n) is 10.8. The molecule has 0 radical (unpaired) electrons. The molecule has 1 atom stereocenters. The van der Waals surface area contributed by atoms with Crippen LogP contribution in [0.5, 0.6) is 0 Å². The molecule has 0 aliphatic rings. The number of nitrogens with one attached hydrogen (secondary N) is 1. The lowest BCUT2D eigenvalue weighted by Crippen LogP contribution is -2.34. The summed E-state index contributed by atoms with van der Waals surface area (Å²) in [6.07, 6.45) is 0. The Morgan fingerprint density at radius 1 is 1.56 bits per heavy atom. The Kier molecular flexibility index (Phi) is 5.74. The van der Waals surface area contributed by atoms with E-state index >= 15 is 0 Å². The van der Waals surface area contributed by atoms with Gasteiger partial charge in [0.05, 0.1) is 6.54 Å². The molecular formula is C13H20FN3O. The average molecular weight is 253 g/mol. The van der Waals surface area contributed by atoms with Crippen molar-refractivity contribution in [3.63, 3.8) is 0 Å². The van der Waals surface area contributed by atoms with Gasteiger partial charge in [-0.15, -0.1) is 0 Å². The second kappa shape index (κ2) is 7.08. The van der Waals surface area contributed by atoms with Crippen LogP contribution in [0.3, 0.4) is 0 Å². The van der Waals surface area contributed by atoms with E-state index in [9.17, 15) is 9.18 Å². The summed E-state index contributed by atoms with van der Waals surface area (Å²) < 4.78 is 12.9. The molecule has 1 aromatic rings. The molecule has 1 amide bonds. The van der Waals surface area contributed by atoms with Gasteiger partial charge in [0.15, 0.2) is 0 Å². The van der Waals surface area contributed by atoms with E-state index in [4.69, 9.17) is 5.73 Å². The zero-order chi connectivity index (χ0) is 13.5. The number of benzene rings is 1. The Hall–Kier alpha value is -1.46. The van der Waals surface area contributed by atoms with Gasteiger partial charge in [0.2, 0.25) is 5.91 Å². The SMILES string of the molecule is CC(CN)CN(C)CC(=O)Nc1cccc(F)c1. The summed E-state index contributed by atoms with van der Waals surface area (Å²) in [6, 6.07) is 5.85. The van der Waals surface area contributed by atoms with E-state index in [1.807, 2.05) is 18.9 Å². The summed E-state index contributed by atoms with van der Waals surface area (Å²) >= 11 is 0. The highest BCUT2D eigenvalue weighted by Gasteiger charge is 2.09. The number of hydrogen-bond acceptors (Lipinski definition) is 3. The zero-order valence-corrected chi connectivity index (χ0v) is 10.8. The lowest BCUT2D eigenvalue weighted by atomic mass is 10.2. The molecule has 0 bridgehead atoms. The number of rotatable bonds is 6. The Labute approximate surface area is 107 Å². The largest absolute Gasteiger partial charge is 0.330 e. The van der Waals surface area contributed by atoms with Crippen molar-refractivity contribution in [3.8, 4) is 0 Å². The van der Waals surface area contributed by atoms with Gasteiger partial charge in [-0.05, 0) is 37.7 Å². The van der Waals surface area contributed by atoms with Crippen LogP contribution in [0, 0.1) is 11.7 Å². The van der Waals surface area contributed by atoms with Gasteiger partial charge in [0, 0.05) is 12.2 Å². The van der Waals surface area contributed by atoms with E-state index in [0.29, 0.717) is 18.2 Å². The molecule has 0 fully saturated rings. The number of nitrogens with zero attached hydrogens (tertiary/aromatic N) is 1. The van der Waals surface area contributed by atoms with Gasteiger partial charge in [-0.3, -0.25) is 9.69 Å². The van der Waals surface area contributed by atoms with Crippen LogP contribution in [-0.4, -0.2) is 37.5 Å². The van der Waals surface area contributed by atoms with Crippen LogP contribution in [0.1, 0.15) is 6.92 Å². The van der Waals surface area contributed by atoms with E-state index < -0.39 is 0 Å². The van der Waals surface area contributed by atoms with Crippen LogP contribution >= 0.6 is 0 Å². The van der Waals surface area contributed by atoms with Gasteiger partial charge in [-0.25, -0.2) is 4.39 Å². The first-order chi connectivity index (χ1) is 8.51. The molecule has 18 heavy (non-hydrogen) atoms. The molecule has 1 aromatic carbocycles. The van der Waals surface area contributed by atoms with Crippen LogP contribution < -0.4 is 11.1 Å². The molecule has 0 heterocycles. The van der Waals surface area contributed by atoms with Crippen molar-refractivity contribution in [2.45, 2.75) is 6.92 Å². The molecule has 3 N–H and O–H groups in total. The van der Waals surface area contributed by atoms with Crippen LogP contribution in [0.15, 0.2) is 24.3 Å². The van der Waals surface area contributed by atoms with Crippen molar-refractivity contribution in [1.82, 2.24) is 4.90 Å². The minimum absolute atomic E-state index is 0.160. The van der Waals surface area contributed by atoms with Gasteiger partial charge < -0.3 is 11.1 Å². The van der Waals surface area contributed by atoms with Gasteiger partial charge >= 0.3 is 0 Å². The van der Waals surface area contributed by atoms with E-state index in [0.717, 1.165) is 6.54 Å². The maximum atomic E-state index is 12.9. The molecule has 0 saturated heterocycles. The number of hydrogen-bond donors (Lipinski definition) is 2. The molecular weight excluding hydrogens is 233 g/mol. The molecule has 0 aromatic heterocycles. The van der Waals surface area contributed by atoms with Crippen molar-refractivity contribution in [1.29, 1.82) is 0 Å². The highest BCUT2D eigenvalue weighted by atomic mass is 19.1. The Morgan fingerprint density at radius 3 is 2.89 bits per heavy atom. The fourth-order valence-corrected chi connectivity index (χ4v) is 1.68. The summed E-state index contributed by atoms with van der Waals surface area (Å²) in [6.45, 7) is 3.64. The number of likely N-dealkylation sites (N-methyl/N-ethyl adjacent to an activating group) is 1. The number of carbonyl (C=O) groups is 1. The third kappa shape index (κ3) is 5.25. The van der Waals surface area contributed by atoms with Crippen molar-refractivity contribution in [2.75, 3.05) is 32.0 Å². The fraction of sp³-hybridized carbons (Fsp3) is 0.462. The van der Waals surface area contributed by atoms with Gasteiger partial charge in [-0.2, -0.15) is 0 Å². The normalized spacial score (nSPS) is 12.5. The Morgan fingerprint density at radius 2 is 2.28 bits per heavy atom. The quantitative estimate of drug-likeness (QED) is 0.803. The van der Waals surface area contributed by atoms with Crippen molar-refractivity contribution < 1.29 is 9.18 Å². The van der Waals surface area contributed by atoms with Crippen molar-refractivity contribution in [2.24, 2.45) is 11.7 Å². The Balaban J connectivity index is 2.42. The monoisotopic (exact) mass is 253 g/mol. The highest BCUT2D eigenvalue weighted by Crippen LogP contribution is 2.08. The highest BCUT2D eigenvalue weighted by molar-refractivity contribution is 5.92. The van der Waals surface area contributed by atoms with Crippen LogP contribution in [0.25, 0.3) is 0 Å². The standard InChI is InChI=1S/C13H20FN3O/c1-10(7-15)8-17(2)9-13(18)16-12-5-3-4-11(14)6-12/h3-6,10H,7-9,15H2,1-2H3,(H,16,18). The molecule has 100 valence electrons. The van der Waals surface area contributed by atoms with Crippen LogP contribution in [-0.2, 0) is 4.79 Å². The minimum Gasteiger partial charge on any atom is -0.330 e. The topological polar surface area (TPSA) is 58.4 Å². The minimum atomic E-state index is -0.363. The lowest BCUT2D eigenvalue weighted by Gasteiger charge is -2.19. The van der Waals surface area contributed by atoms with Crippen LogP contribution in [0.4, 0.5) is 10.1 Å². The number of anilines is 1. The van der Waals surface area contributed by atoms with Gasteiger partial charge in [-0.1, -0.05) is 13.0 Å². The molecule has 0 aliphatic heterocycles. The molecule has 0 aliphatic carbocycles. The summed E-state index contributed by atoms with van der Waals surface area (Å²) in [4.78, 5) is 13.6. The number of halogens is 1. The third-order valence-electron chi connectivity index (χ3n) is 2.55. The van der Waals surface area contributed by atoms with E-state index in [2.05, 4.69) is 5.32 Å². The first kappa shape index (κ1) is 14.6. The number of amides is 1. The first-order valence-electron chi connectivity index (χ1n) is 5.95. The third-order valence-corrected chi connectivity index (χ3v) is 2.55. The lowest BCUT2D eigenvalue weighted by molar-refractivity contribution is -0.117. The molecule has 1 rings (SSSR count). The molecule has 1 unspecified atom stereocenters. The smallest absolute Gasteiger partial charge is 0.238 e.